The Balaban J connectivity index is 2.74. The Kier molecular flexibility index (Phi) is 5.80. The van der Waals surface area contributed by atoms with Gasteiger partial charge in [0.15, 0.2) is 5.11 Å². The minimum Gasteiger partial charge on any atom is -0.507 e. The third-order valence-corrected chi connectivity index (χ3v) is 2.81. The van der Waals surface area contributed by atoms with E-state index in [1.165, 1.54) is 0 Å². The number of hydrazone groups is 1. The van der Waals surface area contributed by atoms with E-state index in [4.69, 9.17) is 12.2 Å². The Morgan fingerprint density at radius 2 is 2.33 bits per heavy atom. The van der Waals surface area contributed by atoms with E-state index in [1.54, 1.807) is 31.2 Å². The standard InChI is InChI=1S/C12H14BrN3OS/c1-3-6-14-12(18)16-15-8(2)10-7-9(13)4-5-11(10)17/h3-5,7,17H,1,6H2,2H3,(H2,14,16,18)/b15-8+. The van der Waals surface area contributed by atoms with E-state index in [0.29, 0.717) is 22.9 Å². The van der Waals surface area contributed by atoms with Crippen LogP contribution in [0.2, 0.25) is 0 Å². The third kappa shape index (κ3) is 4.46. The summed E-state index contributed by atoms with van der Waals surface area (Å²) in [6, 6.07) is 5.15. The molecule has 0 saturated carbocycles. The SMILES string of the molecule is C=CCNC(=S)N/N=C(\C)c1cc(Br)ccc1O. The van der Waals surface area contributed by atoms with Crippen LogP contribution in [-0.2, 0) is 0 Å². The second kappa shape index (κ2) is 7.13. The predicted molar refractivity (Wildman–Crippen MR) is 82.0 cm³/mol. The molecule has 0 aliphatic heterocycles. The number of halogens is 1. The molecule has 0 fully saturated rings. The Labute approximate surface area is 120 Å². The summed E-state index contributed by atoms with van der Waals surface area (Å²) in [5.74, 6) is 0.172. The molecule has 6 heteroatoms. The topological polar surface area (TPSA) is 56.7 Å². The van der Waals surface area contributed by atoms with Crippen LogP contribution < -0.4 is 10.7 Å². The van der Waals surface area contributed by atoms with Crippen molar-refractivity contribution in [2.45, 2.75) is 6.92 Å². The monoisotopic (exact) mass is 327 g/mol. The van der Waals surface area contributed by atoms with Crippen LogP contribution in [0.3, 0.4) is 0 Å². The highest BCUT2D eigenvalue weighted by molar-refractivity contribution is 9.10. The summed E-state index contributed by atoms with van der Waals surface area (Å²) in [7, 11) is 0. The first-order valence-electron chi connectivity index (χ1n) is 5.22. The average Bonchev–Trinajstić information content (AvgIpc) is 2.36. The van der Waals surface area contributed by atoms with Gasteiger partial charge in [-0.25, -0.2) is 0 Å². The van der Waals surface area contributed by atoms with Crippen LogP contribution in [0.5, 0.6) is 5.75 Å². The molecule has 0 unspecified atom stereocenters. The van der Waals surface area contributed by atoms with Crippen molar-refractivity contribution >= 4 is 39.0 Å². The normalized spacial score (nSPS) is 10.9. The third-order valence-electron chi connectivity index (χ3n) is 2.08. The number of hydrogen-bond acceptors (Lipinski definition) is 3. The van der Waals surface area contributed by atoms with Crippen LogP contribution in [0, 0.1) is 0 Å². The van der Waals surface area contributed by atoms with Gasteiger partial charge in [0, 0.05) is 16.6 Å². The van der Waals surface area contributed by atoms with E-state index in [2.05, 4.69) is 38.4 Å². The zero-order valence-corrected chi connectivity index (χ0v) is 12.3. The maximum atomic E-state index is 9.72. The molecule has 0 aromatic heterocycles. The van der Waals surface area contributed by atoms with E-state index < -0.39 is 0 Å². The van der Waals surface area contributed by atoms with Gasteiger partial charge in [0.05, 0.1) is 5.71 Å². The molecule has 1 aromatic carbocycles. The molecule has 0 heterocycles. The fraction of sp³-hybridized carbons (Fsp3) is 0.167. The van der Waals surface area contributed by atoms with Gasteiger partial charge in [-0.15, -0.1) is 6.58 Å². The molecule has 0 aliphatic rings. The maximum absolute atomic E-state index is 9.72. The van der Waals surface area contributed by atoms with Crippen molar-refractivity contribution in [3.8, 4) is 5.75 Å². The van der Waals surface area contributed by atoms with Crippen molar-refractivity contribution < 1.29 is 5.11 Å². The number of thiocarbonyl (C=S) groups is 1. The molecule has 0 radical (unpaired) electrons. The second-order valence-corrected chi connectivity index (χ2v) is 4.79. The molecule has 3 N–H and O–H groups in total. The predicted octanol–water partition coefficient (Wildman–Crippen LogP) is 2.53. The van der Waals surface area contributed by atoms with Gasteiger partial charge in [0.1, 0.15) is 5.75 Å². The highest BCUT2D eigenvalue weighted by atomic mass is 79.9. The fourth-order valence-corrected chi connectivity index (χ4v) is 1.69. The molecule has 0 bridgehead atoms. The van der Waals surface area contributed by atoms with Gasteiger partial charge in [-0.2, -0.15) is 5.10 Å². The summed E-state index contributed by atoms with van der Waals surface area (Å²) in [6.45, 7) is 5.93. The first-order chi connectivity index (χ1) is 8.54. The van der Waals surface area contributed by atoms with Crippen LogP contribution >= 0.6 is 28.1 Å². The number of hydrogen-bond donors (Lipinski definition) is 3. The molecule has 18 heavy (non-hydrogen) atoms. The molecule has 0 spiro atoms. The molecule has 96 valence electrons. The lowest BCUT2D eigenvalue weighted by Crippen LogP contribution is -2.32. The number of benzene rings is 1. The minimum atomic E-state index is 0.172. The minimum absolute atomic E-state index is 0.172. The largest absolute Gasteiger partial charge is 0.507 e. The number of nitrogens with one attached hydrogen (secondary N) is 2. The second-order valence-electron chi connectivity index (χ2n) is 3.47. The number of phenols is 1. The summed E-state index contributed by atoms with van der Waals surface area (Å²) in [5.41, 5.74) is 3.97. The van der Waals surface area contributed by atoms with Crippen molar-refractivity contribution in [2.24, 2.45) is 5.10 Å². The lowest BCUT2D eigenvalue weighted by Gasteiger charge is -2.07. The lowest BCUT2D eigenvalue weighted by molar-refractivity contribution is 0.474. The van der Waals surface area contributed by atoms with E-state index in [-0.39, 0.29) is 5.75 Å². The molecular weight excluding hydrogens is 314 g/mol. The van der Waals surface area contributed by atoms with Gasteiger partial charge in [-0.1, -0.05) is 22.0 Å². The van der Waals surface area contributed by atoms with Crippen LogP contribution in [0.1, 0.15) is 12.5 Å². The smallest absolute Gasteiger partial charge is 0.187 e. The zero-order valence-electron chi connectivity index (χ0n) is 9.90. The Morgan fingerprint density at radius 1 is 1.61 bits per heavy atom. The van der Waals surface area contributed by atoms with Crippen molar-refractivity contribution in [1.82, 2.24) is 10.7 Å². The average molecular weight is 328 g/mol. The summed E-state index contributed by atoms with van der Waals surface area (Å²) >= 11 is 8.34. The van der Waals surface area contributed by atoms with E-state index in [1.807, 2.05) is 0 Å². The number of aromatic hydroxyl groups is 1. The summed E-state index contributed by atoms with van der Waals surface area (Å²) in [5, 5.41) is 17.1. The summed E-state index contributed by atoms with van der Waals surface area (Å²) in [4.78, 5) is 0. The number of nitrogens with zero attached hydrogens (tertiary/aromatic N) is 1. The van der Waals surface area contributed by atoms with Crippen LogP contribution in [0.4, 0.5) is 0 Å². The van der Waals surface area contributed by atoms with Gasteiger partial charge in [0.25, 0.3) is 0 Å². The molecular formula is C12H14BrN3OS. The lowest BCUT2D eigenvalue weighted by atomic mass is 10.1. The quantitative estimate of drug-likeness (QED) is 0.344. The molecule has 0 atom stereocenters. The Bertz CT molecular complexity index is 488. The molecule has 1 rings (SSSR count). The molecule has 4 nitrogen and oxygen atoms in total. The molecule has 0 saturated heterocycles. The Hall–Kier alpha value is -1.40. The first kappa shape index (κ1) is 14.7. The number of phenolic OH excluding ortho intramolecular Hbond substituents is 1. The van der Waals surface area contributed by atoms with Gasteiger partial charge < -0.3 is 10.4 Å². The van der Waals surface area contributed by atoms with Gasteiger partial charge in [-0.3, -0.25) is 5.43 Å². The Morgan fingerprint density at radius 3 is 3.00 bits per heavy atom. The zero-order chi connectivity index (χ0) is 13.5. The van der Waals surface area contributed by atoms with Gasteiger partial charge in [0.2, 0.25) is 0 Å². The van der Waals surface area contributed by atoms with Crippen molar-refractivity contribution in [3.63, 3.8) is 0 Å². The molecule has 0 aliphatic carbocycles. The maximum Gasteiger partial charge on any atom is 0.187 e. The summed E-state index contributed by atoms with van der Waals surface area (Å²) in [6.07, 6.45) is 1.70. The van der Waals surface area contributed by atoms with Crippen molar-refractivity contribution in [3.05, 3.63) is 40.9 Å². The number of rotatable bonds is 4. The van der Waals surface area contributed by atoms with Crippen molar-refractivity contribution in [2.75, 3.05) is 6.54 Å². The highest BCUT2D eigenvalue weighted by Gasteiger charge is 2.05. The van der Waals surface area contributed by atoms with Gasteiger partial charge >= 0.3 is 0 Å². The summed E-state index contributed by atoms with van der Waals surface area (Å²) < 4.78 is 0.872. The van der Waals surface area contributed by atoms with Crippen LogP contribution in [0.15, 0.2) is 40.4 Å². The van der Waals surface area contributed by atoms with Gasteiger partial charge in [-0.05, 0) is 37.3 Å². The van der Waals surface area contributed by atoms with Crippen LogP contribution in [-0.4, -0.2) is 22.5 Å². The van der Waals surface area contributed by atoms with E-state index in [9.17, 15) is 5.11 Å². The van der Waals surface area contributed by atoms with E-state index in [0.717, 1.165) is 4.47 Å². The van der Waals surface area contributed by atoms with E-state index >= 15 is 0 Å². The fourth-order valence-electron chi connectivity index (χ4n) is 1.20. The molecule has 0 amide bonds. The van der Waals surface area contributed by atoms with Crippen LogP contribution in [0.25, 0.3) is 0 Å². The highest BCUT2D eigenvalue weighted by Crippen LogP contribution is 2.22. The molecule has 1 aromatic rings. The first-order valence-corrected chi connectivity index (χ1v) is 6.42. The van der Waals surface area contributed by atoms with Crippen molar-refractivity contribution in [1.29, 1.82) is 0 Å².